The molecule has 0 aromatic heterocycles. The number of hydrogen-bond donors (Lipinski definition) is 1. The Hall–Kier alpha value is -1.50. The molecule has 112 valence electrons. The van der Waals surface area contributed by atoms with Crippen LogP contribution in [0.2, 0.25) is 5.02 Å². The Balaban J connectivity index is 2.25. The van der Waals surface area contributed by atoms with Gasteiger partial charge in [-0.05, 0) is 51.3 Å². The third-order valence-electron chi connectivity index (χ3n) is 3.95. The van der Waals surface area contributed by atoms with Crippen LogP contribution in [0.1, 0.15) is 49.0 Å². The SMILES string of the molecule is CC1CCCC(C)N1C(=O)c1ccc(C#CCO)c(Cl)c1. The van der Waals surface area contributed by atoms with Crippen LogP contribution < -0.4 is 0 Å². The van der Waals surface area contributed by atoms with E-state index >= 15 is 0 Å². The van der Waals surface area contributed by atoms with Gasteiger partial charge in [-0.15, -0.1) is 0 Å². The molecule has 1 amide bonds. The van der Waals surface area contributed by atoms with Crippen molar-refractivity contribution in [2.24, 2.45) is 0 Å². The maximum Gasteiger partial charge on any atom is 0.254 e. The summed E-state index contributed by atoms with van der Waals surface area (Å²) in [7, 11) is 0. The zero-order valence-electron chi connectivity index (χ0n) is 12.4. The van der Waals surface area contributed by atoms with Gasteiger partial charge in [0, 0.05) is 23.2 Å². The van der Waals surface area contributed by atoms with E-state index in [4.69, 9.17) is 16.7 Å². The van der Waals surface area contributed by atoms with E-state index in [0.29, 0.717) is 16.1 Å². The first-order valence-electron chi connectivity index (χ1n) is 7.26. The number of piperidine rings is 1. The fourth-order valence-corrected chi connectivity index (χ4v) is 3.08. The van der Waals surface area contributed by atoms with Crippen molar-refractivity contribution < 1.29 is 9.90 Å². The Morgan fingerprint density at radius 3 is 2.62 bits per heavy atom. The van der Waals surface area contributed by atoms with E-state index in [1.54, 1.807) is 18.2 Å². The van der Waals surface area contributed by atoms with Crippen molar-refractivity contribution >= 4 is 17.5 Å². The first-order chi connectivity index (χ1) is 10.0. The summed E-state index contributed by atoms with van der Waals surface area (Å²) >= 11 is 6.17. The van der Waals surface area contributed by atoms with Gasteiger partial charge in [-0.3, -0.25) is 4.79 Å². The molecule has 2 atom stereocenters. The second kappa shape index (κ2) is 6.98. The number of benzene rings is 1. The molecule has 4 heteroatoms. The smallest absolute Gasteiger partial charge is 0.254 e. The molecule has 3 nitrogen and oxygen atoms in total. The molecule has 0 spiro atoms. The summed E-state index contributed by atoms with van der Waals surface area (Å²) in [5, 5.41) is 9.16. The molecule has 2 unspecified atom stereocenters. The van der Waals surface area contributed by atoms with Gasteiger partial charge >= 0.3 is 0 Å². The second-order valence-electron chi connectivity index (χ2n) is 5.50. The third kappa shape index (κ3) is 3.58. The highest BCUT2D eigenvalue weighted by atomic mass is 35.5. The molecular formula is C17H20ClNO2. The molecule has 21 heavy (non-hydrogen) atoms. The molecule has 1 N–H and O–H groups in total. The van der Waals surface area contributed by atoms with Crippen molar-refractivity contribution in [2.75, 3.05) is 6.61 Å². The topological polar surface area (TPSA) is 40.5 Å². The standard InChI is InChI=1S/C17H20ClNO2/c1-12-5-3-6-13(2)19(12)17(21)15-9-8-14(7-4-10-20)16(18)11-15/h8-9,11-13,20H,3,5-6,10H2,1-2H3. The molecule has 0 bridgehead atoms. The summed E-state index contributed by atoms with van der Waals surface area (Å²) in [5.74, 6) is 5.35. The molecular weight excluding hydrogens is 286 g/mol. The lowest BCUT2D eigenvalue weighted by Crippen LogP contribution is -2.47. The van der Waals surface area contributed by atoms with E-state index in [-0.39, 0.29) is 24.6 Å². The van der Waals surface area contributed by atoms with Crippen LogP contribution in [0.5, 0.6) is 0 Å². The lowest BCUT2D eigenvalue weighted by molar-refractivity contribution is 0.0511. The Kier molecular flexibility index (Phi) is 5.27. The fraction of sp³-hybridized carbons (Fsp3) is 0.471. The zero-order valence-corrected chi connectivity index (χ0v) is 13.2. The van der Waals surface area contributed by atoms with Crippen LogP contribution in [-0.2, 0) is 0 Å². The monoisotopic (exact) mass is 305 g/mol. The van der Waals surface area contributed by atoms with Gasteiger partial charge in [-0.1, -0.05) is 23.4 Å². The Morgan fingerprint density at radius 2 is 2.05 bits per heavy atom. The maximum atomic E-state index is 12.7. The summed E-state index contributed by atoms with van der Waals surface area (Å²) in [6, 6.07) is 5.67. The lowest BCUT2D eigenvalue weighted by Gasteiger charge is -2.39. The number of aliphatic hydroxyl groups excluding tert-OH is 1. The highest BCUT2D eigenvalue weighted by molar-refractivity contribution is 6.32. The number of halogens is 1. The number of carbonyl (C=O) groups excluding carboxylic acids is 1. The Labute approximate surface area is 130 Å². The third-order valence-corrected chi connectivity index (χ3v) is 4.26. The molecule has 1 aromatic rings. The quantitative estimate of drug-likeness (QED) is 0.810. The summed E-state index contributed by atoms with van der Waals surface area (Å²) in [6.45, 7) is 3.98. The number of amides is 1. The van der Waals surface area contributed by atoms with Crippen LogP contribution in [0.15, 0.2) is 18.2 Å². The van der Waals surface area contributed by atoms with Gasteiger partial charge in [-0.2, -0.15) is 0 Å². The van der Waals surface area contributed by atoms with Crippen LogP contribution >= 0.6 is 11.6 Å². The highest BCUT2D eigenvalue weighted by Crippen LogP contribution is 2.26. The van der Waals surface area contributed by atoms with Crippen molar-refractivity contribution in [2.45, 2.75) is 45.2 Å². The van der Waals surface area contributed by atoms with E-state index < -0.39 is 0 Å². The minimum atomic E-state index is -0.209. The molecule has 1 aromatic carbocycles. The van der Waals surface area contributed by atoms with E-state index in [9.17, 15) is 4.79 Å². The minimum Gasteiger partial charge on any atom is -0.384 e. The van der Waals surface area contributed by atoms with Crippen LogP contribution in [0.4, 0.5) is 0 Å². The van der Waals surface area contributed by atoms with Crippen LogP contribution in [0.3, 0.4) is 0 Å². The van der Waals surface area contributed by atoms with E-state index in [2.05, 4.69) is 25.7 Å². The maximum absolute atomic E-state index is 12.7. The van der Waals surface area contributed by atoms with Gasteiger partial charge in [0.15, 0.2) is 0 Å². The Bertz CT molecular complexity index is 578. The molecule has 1 aliphatic rings. The summed E-state index contributed by atoms with van der Waals surface area (Å²) in [6.07, 6.45) is 3.26. The van der Waals surface area contributed by atoms with Gasteiger partial charge in [0.2, 0.25) is 0 Å². The average Bonchev–Trinajstić information content (AvgIpc) is 2.45. The summed E-state index contributed by atoms with van der Waals surface area (Å²) in [5.41, 5.74) is 1.22. The average molecular weight is 306 g/mol. The van der Waals surface area contributed by atoms with E-state index in [1.165, 1.54) is 6.42 Å². The van der Waals surface area contributed by atoms with Gasteiger partial charge in [0.25, 0.3) is 5.91 Å². The van der Waals surface area contributed by atoms with E-state index in [1.807, 2.05) is 4.90 Å². The minimum absolute atomic E-state index is 0.0262. The normalized spacial score (nSPS) is 21.6. The van der Waals surface area contributed by atoms with Crippen molar-refractivity contribution in [1.82, 2.24) is 4.90 Å². The molecule has 0 aliphatic carbocycles. The van der Waals surface area contributed by atoms with Crippen molar-refractivity contribution in [3.8, 4) is 11.8 Å². The van der Waals surface area contributed by atoms with Gasteiger partial charge < -0.3 is 10.0 Å². The molecule has 1 fully saturated rings. The van der Waals surface area contributed by atoms with Crippen molar-refractivity contribution in [3.05, 3.63) is 34.3 Å². The number of rotatable bonds is 1. The second-order valence-corrected chi connectivity index (χ2v) is 5.90. The molecule has 0 radical (unpaired) electrons. The molecule has 0 saturated carbocycles. The van der Waals surface area contributed by atoms with Crippen LogP contribution in [0, 0.1) is 11.8 Å². The first kappa shape index (κ1) is 15.9. The zero-order chi connectivity index (χ0) is 15.4. The number of aliphatic hydroxyl groups is 1. The Morgan fingerprint density at radius 1 is 1.38 bits per heavy atom. The fourth-order valence-electron chi connectivity index (χ4n) is 2.85. The lowest BCUT2D eigenvalue weighted by atomic mass is 9.96. The molecule has 1 heterocycles. The van der Waals surface area contributed by atoms with Crippen LogP contribution in [-0.4, -0.2) is 34.6 Å². The number of carbonyl (C=O) groups is 1. The van der Waals surface area contributed by atoms with Crippen LogP contribution in [0.25, 0.3) is 0 Å². The first-order valence-corrected chi connectivity index (χ1v) is 7.64. The molecule has 1 saturated heterocycles. The highest BCUT2D eigenvalue weighted by Gasteiger charge is 2.29. The van der Waals surface area contributed by atoms with Crippen molar-refractivity contribution in [3.63, 3.8) is 0 Å². The van der Waals surface area contributed by atoms with Gasteiger partial charge in [-0.25, -0.2) is 0 Å². The number of likely N-dealkylation sites (tertiary alicyclic amines) is 1. The van der Waals surface area contributed by atoms with Crippen molar-refractivity contribution in [1.29, 1.82) is 0 Å². The number of hydrogen-bond acceptors (Lipinski definition) is 2. The predicted molar refractivity (Wildman–Crippen MR) is 84.4 cm³/mol. The van der Waals surface area contributed by atoms with Gasteiger partial charge in [0.05, 0.1) is 5.02 Å². The summed E-state index contributed by atoms with van der Waals surface area (Å²) < 4.78 is 0. The molecule has 1 aliphatic heterocycles. The largest absolute Gasteiger partial charge is 0.384 e. The molecule has 2 rings (SSSR count). The summed E-state index contributed by atoms with van der Waals surface area (Å²) in [4.78, 5) is 14.6. The predicted octanol–water partition coefficient (Wildman–Crippen LogP) is 3.09. The van der Waals surface area contributed by atoms with Gasteiger partial charge in [0.1, 0.15) is 6.61 Å². The number of nitrogens with zero attached hydrogens (tertiary/aromatic N) is 1. The van der Waals surface area contributed by atoms with E-state index in [0.717, 1.165) is 12.8 Å².